The van der Waals surface area contributed by atoms with Crippen molar-refractivity contribution in [2.24, 2.45) is 0 Å². The second kappa shape index (κ2) is 9.42. The van der Waals surface area contributed by atoms with E-state index in [1.54, 1.807) is 37.2 Å². The van der Waals surface area contributed by atoms with Crippen molar-refractivity contribution in [1.29, 1.82) is 5.26 Å². The number of carbonyl (C=O) groups excluding carboxylic acids is 1. The van der Waals surface area contributed by atoms with Crippen molar-refractivity contribution in [2.75, 3.05) is 20.8 Å². The van der Waals surface area contributed by atoms with Crippen LogP contribution in [0.3, 0.4) is 0 Å². The number of para-hydroxylation sites is 1. The zero-order valence-electron chi connectivity index (χ0n) is 16.3. The number of nitriles is 1. The highest BCUT2D eigenvalue weighted by Crippen LogP contribution is 2.34. The summed E-state index contributed by atoms with van der Waals surface area (Å²) in [4.78, 5) is 12.7. The highest BCUT2D eigenvalue weighted by Gasteiger charge is 2.21. The summed E-state index contributed by atoms with van der Waals surface area (Å²) in [5, 5.41) is 13.1. The molecule has 0 spiro atoms. The van der Waals surface area contributed by atoms with Gasteiger partial charge in [-0.3, -0.25) is 0 Å². The van der Waals surface area contributed by atoms with Crippen LogP contribution in [0, 0.1) is 11.3 Å². The molecule has 1 aromatic heterocycles. The highest BCUT2D eigenvalue weighted by molar-refractivity contribution is 5.95. The first-order chi connectivity index (χ1) is 14.2. The predicted molar refractivity (Wildman–Crippen MR) is 107 cm³/mol. The van der Waals surface area contributed by atoms with Gasteiger partial charge in [0.1, 0.15) is 0 Å². The number of methoxy groups -OCH3 is 2. The second-order valence-electron chi connectivity index (χ2n) is 6.14. The number of esters is 1. The number of hydrogen-bond acceptors (Lipinski definition) is 6. The average Bonchev–Trinajstić information content (AvgIpc) is 3.22. The van der Waals surface area contributed by atoms with Crippen LogP contribution in [0.4, 0.5) is 0 Å². The minimum atomic E-state index is -0.539. The number of benzene rings is 2. The molecule has 7 heteroatoms. The number of nitrogens with zero attached hydrogens (tertiary/aromatic N) is 3. The van der Waals surface area contributed by atoms with E-state index in [2.05, 4.69) is 5.10 Å². The fourth-order valence-corrected chi connectivity index (χ4v) is 2.84. The summed E-state index contributed by atoms with van der Waals surface area (Å²) in [5.74, 6) is 0.598. The first-order valence-electron chi connectivity index (χ1n) is 9.09. The maximum atomic E-state index is 12.7. The van der Waals surface area contributed by atoms with Crippen LogP contribution in [0.15, 0.2) is 54.7 Å². The van der Waals surface area contributed by atoms with Gasteiger partial charge in [0.25, 0.3) is 0 Å². The van der Waals surface area contributed by atoms with Gasteiger partial charge in [0.15, 0.2) is 17.2 Å². The van der Waals surface area contributed by atoms with Gasteiger partial charge in [-0.15, -0.1) is 0 Å². The van der Waals surface area contributed by atoms with Crippen LogP contribution < -0.4 is 9.47 Å². The predicted octanol–water partition coefficient (Wildman–Crippen LogP) is 4.02. The van der Waals surface area contributed by atoms with Crippen LogP contribution in [0.5, 0.6) is 11.5 Å². The summed E-state index contributed by atoms with van der Waals surface area (Å²) in [6, 6.07) is 16.9. The van der Waals surface area contributed by atoms with Crippen LogP contribution in [0.2, 0.25) is 0 Å². The molecule has 0 atom stereocenters. The van der Waals surface area contributed by atoms with E-state index in [1.165, 1.54) is 0 Å². The molecule has 3 aromatic rings. The van der Waals surface area contributed by atoms with Crippen LogP contribution in [-0.2, 0) is 4.74 Å². The Bertz CT molecular complexity index is 1020. The lowest BCUT2D eigenvalue weighted by Gasteiger charge is -2.09. The summed E-state index contributed by atoms with van der Waals surface area (Å²) >= 11 is 0. The maximum Gasteiger partial charge on any atom is 0.359 e. The van der Waals surface area contributed by atoms with Gasteiger partial charge in [0, 0.05) is 18.2 Å². The Morgan fingerprint density at radius 1 is 1.10 bits per heavy atom. The molecule has 0 aliphatic heterocycles. The van der Waals surface area contributed by atoms with E-state index >= 15 is 0 Å². The number of ether oxygens (including phenoxy) is 3. The second-order valence-corrected chi connectivity index (χ2v) is 6.14. The van der Waals surface area contributed by atoms with E-state index in [-0.39, 0.29) is 12.3 Å². The topological polar surface area (TPSA) is 86.4 Å². The molecule has 7 nitrogen and oxygen atoms in total. The Hall–Kier alpha value is -3.79. The Kier molecular flexibility index (Phi) is 6.48. The smallest absolute Gasteiger partial charge is 0.359 e. The number of aromatic nitrogens is 2. The van der Waals surface area contributed by atoms with Gasteiger partial charge >= 0.3 is 5.97 Å². The maximum absolute atomic E-state index is 12.7. The van der Waals surface area contributed by atoms with E-state index < -0.39 is 5.97 Å². The molecule has 148 valence electrons. The van der Waals surface area contributed by atoms with E-state index in [0.29, 0.717) is 29.9 Å². The Balaban J connectivity index is 2.01. The molecule has 2 aromatic carbocycles. The third-order valence-corrected chi connectivity index (χ3v) is 4.29. The molecule has 0 aliphatic carbocycles. The lowest BCUT2D eigenvalue weighted by molar-refractivity contribution is 0.0495. The lowest BCUT2D eigenvalue weighted by Crippen LogP contribution is -2.09. The summed E-state index contributed by atoms with van der Waals surface area (Å²) in [7, 11) is 3.12. The monoisotopic (exact) mass is 391 g/mol. The number of rotatable bonds is 8. The van der Waals surface area contributed by atoms with E-state index in [1.807, 2.05) is 42.5 Å². The Morgan fingerprint density at radius 2 is 1.86 bits per heavy atom. The summed E-state index contributed by atoms with van der Waals surface area (Å²) in [5.41, 5.74) is 2.37. The zero-order valence-corrected chi connectivity index (χ0v) is 16.3. The summed E-state index contributed by atoms with van der Waals surface area (Å²) in [6.45, 7) is 0.163. The first-order valence-corrected chi connectivity index (χ1v) is 9.09. The van der Waals surface area contributed by atoms with E-state index in [9.17, 15) is 4.79 Å². The first kappa shape index (κ1) is 20.0. The molecule has 0 bridgehead atoms. The molecule has 29 heavy (non-hydrogen) atoms. The minimum absolute atomic E-state index is 0.163. The van der Waals surface area contributed by atoms with Gasteiger partial charge in [-0.25, -0.2) is 9.48 Å². The largest absolute Gasteiger partial charge is 0.493 e. The van der Waals surface area contributed by atoms with Gasteiger partial charge < -0.3 is 14.2 Å². The van der Waals surface area contributed by atoms with Crippen molar-refractivity contribution < 1.29 is 19.0 Å². The van der Waals surface area contributed by atoms with Gasteiger partial charge in [-0.05, 0) is 36.2 Å². The van der Waals surface area contributed by atoms with Gasteiger partial charge in [-0.1, -0.05) is 24.3 Å². The highest BCUT2D eigenvalue weighted by atomic mass is 16.5. The van der Waals surface area contributed by atoms with Crippen LogP contribution in [0.25, 0.3) is 16.8 Å². The van der Waals surface area contributed by atoms with Crippen molar-refractivity contribution in [3.8, 4) is 34.4 Å². The fraction of sp³-hybridized carbons (Fsp3) is 0.227. The van der Waals surface area contributed by atoms with Gasteiger partial charge in [0.05, 0.1) is 32.6 Å². The molecule has 0 saturated heterocycles. The molecule has 0 fully saturated rings. The van der Waals surface area contributed by atoms with Crippen molar-refractivity contribution in [3.05, 3.63) is 60.4 Å². The zero-order chi connectivity index (χ0) is 20.6. The number of hydrogen-bond donors (Lipinski definition) is 0. The van der Waals surface area contributed by atoms with Crippen molar-refractivity contribution in [3.63, 3.8) is 0 Å². The molecule has 1 heterocycles. The third-order valence-electron chi connectivity index (χ3n) is 4.29. The Morgan fingerprint density at radius 3 is 2.55 bits per heavy atom. The number of unbranched alkanes of at least 4 members (excludes halogenated alkanes) is 1. The normalized spacial score (nSPS) is 10.2. The van der Waals surface area contributed by atoms with Crippen LogP contribution in [-0.4, -0.2) is 36.6 Å². The SMILES string of the molecule is COc1ccc(-c2cn(-c3ccccc3)nc2C(=O)OCCCC#N)cc1OC. The quantitative estimate of drug-likeness (QED) is 0.426. The van der Waals surface area contributed by atoms with Crippen molar-refractivity contribution in [2.45, 2.75) is 12.8 Å². The number of carbonyl (C=O) groups is 1. The average molecular weight is 391 g/mol. The molecule has 3 rings (SSSR count). The molecule has 0 radical (unpaired) electrons. The van der Waals surface area contributed by atoms with Crippen LogP contribution in [0.1, 0.15) is 23.3 Å². The molecule has 0 aliphatic rings. The molecule has 0 N–H and O–H groups in total. The summed E-state index contributed by atoms with van der Waals surface area (Å²) < 4.78 is 17.6. The van der Waals surface area contributed by atoms with E-state index in [4.69, 9.17) is 19.5 Å². The molecular weight excluding hydrogens is 370 g/mol. The van der Waals surface area contributed by atoms with Crippen LogP contribution >= 0.6 is 0 Å². The molecular formula is C22H21N3O4. The minimum Gasteiger partial charge on any atom is -0.493 e. The molecule has 0 unspecified atom stereocenters. The molecule has 0 amide bonds. The standard InChI is InChI=1S/C22H21N3O4/c1-27-19-11-10-16(14-20(19)28-2)18-15-25(17-8-4-3-5-9-17)24-21(18)22(26)29-13-7-6-12-23/h3-5,8-11,14-15H,6-7,13H2,1-2H3. The van der Waals surface area contributed by atoms with Gasteiger partial charge in [-0.2, -0.15) is 10.4 Å². The van der Waals surface area contributed by atoms with Crippen molar-refractivity contribution >= 4 is 5.97 Å². The van der Waals surface area contributed by atoms with E-state index in [0.717, 1.165) is 11.3 Å². The van der Waals surface area contributed by atoms with Crippen molar-refractivity contribution in [1.82, 2.24) is 9.78 Å². The molecule has 0 saturated carbocycles. The lowest BCUT2D eigenvalue weighted by atomic mass is 10.1. The Labute approximate surface area is 169 Å². The van der Waals surface area contributed by atoms with Gasteiger partial charge in [0.2, 0.25) is 0 Å². The fourth-order valence-electron chi connectivity index (χ4n) is 2.84. The summed E-state index contributed by atoms with van der Waals surface area (Å²) in [6.07, 6.45) is 2.59. The third kappa shape index (κ3) is 4.55.